The Bertz CT molecular complexity index is 511. The number of halogens is 1. The zero-order valence-electron chi connectivity index (χ0n) is 10.4. The molecule has 1 aliphatic heterocycles. The molecule has 6 heteroatoms. The molecule has 102 valence electrons. The van der Waals surface area contributed by atoms with Gasteiger partial charge in [-0.1, -0.05) is 6.07 Å². The predicted octanol–water partition coefficient (Wildman–Crippen LogP) is 0.920. The van der Waals surface area contributed by atoms with Crippen LogP contribution >= 0.6 is 0 Å². The maximum absolute atomic E-state index is 13.4. The molecule has 5 nitrogen and oxygen atoms in total. The average molecular weight is 267 g/mol. The highest BCUT2D eigenvalue weighted by atomic mass is 19.1. The molecule has 0 atom stereocenters. The van der Waals surface area contributed by atoms with Crippen LogP contribution in [-0.2, 0) is 16.0 Å². The number of aliphatic carboxylic acids is 1. The van der Waals surface area contributed by atoms with Crippen LogP contribution in [0.3, 0.4) is 0 Å². The van der Waals surface area contributed by atoms with Crippen molar-refractivity contribution in [2.24, 2.45) is 5.92 Å². The third-order valence-corrected chi connectivity index (χ3v) is 3.16. The first-order chi connectivity index (χ1) is 9.01. The predicted molar refractivity (Wildman–Crippen MR) is 64.4 cm³/mol. The molecule has 0 bridgehead atoms. The number of ether oxygens (including phenoxy) is 1. The molecule has 0 saturated carbocycles. The lowest BCUT2D eigenvalue weighted by atomic mass is 9.99. The summed E-state index contributed by atoms with van der Waals surface area (Å²) in [6.07, 6.45) is 0.0628. The zero-order valence-corrected chi connectivity index (χ0v) is 10.4. The van der Waals surface area contributed by atoms with E-state index in [4.69, 9.17) is 9.84 Å². The number of rotatable bonds is 4. The summed E-state index contributed by atoms with van der Waals surface area (Å²) in [5, 5.41) is 8.72. The summed E-state index contributed by atoms with van der Waals surface area (Å²) < 4.78 is 18.2. The number of amides is 1. The molecule has 1 aromatic carbocycles. The van der Waals surface area contributed by atoms with Crippen LogP contribution in [0.5, 0.6) is 5.75 Å². The van der Waals surface area contributed by atoms with E-state index >= 15 is 0 Å². The zero-order chi connectivity index (χ0) is 14.0. The lowest BCUT2D eigenvalue weighted by Gasteiger charge is -2.36. The number of carboxylic acid groups (broad SMARTS) is 1. The third-order valence-electron chi connectivity index (χ3n) is 3.16. The average Bonchev–Trinajstić information content (AvgIpc) is 2.26. The Balaban J connectivity index is 1.93. The fourth-order valence-corrected chi connectivity index (χ4v) is 1.94. The number of hydrogen-bond donors (Lipinski definition) is 1. The minimum Gasteiger partial charge on any atom is -0.494 e. The Morgan fingerprint density at radius 2 is 2.16 bits per heavy atom. The van der Waals surface area contributed by atoms with Gasteiger partial charge in [-0.2, -0.15) is 0 Å². The normalized spacial score (nSPS) is 14.9. The summed E-state index contributed by atoms with van der Waals surface area (Å²) in [5.41, 5.74) is 0.544. The first-order valence-electron chi connectivity index (χ1n) is 5.84. The van der Waals surface area contributed by atoms with Crippen LogP contribution < -0.4 is 4.74 Å². The van der Waals surface area contributed by atoms with E-state index in [0.29, 0.717) is 5.56 Å². The standard InChI is InChI=1S/C13H14FNO4/c1-19-11-3-2-8(4-10(11)14)5-12(16)15-6-9(7-15)13(17)18/h2-4,9H,5-7H2,1H3,(H,17,18). The molecule has 19 heavy (non-hydrogen) atoms. The highest BCUT2D eigenvalue weighted by Gasteiger charge is 2.35. The van der Waals surface area contributed by atoms with Crippen molar-refractivity contribution < 1.29 is 23.8 Å². The topological polar surface area (TPSA) is 66.8 Å². The van der Waals surface area contributed by atoms with Crippen molar-refractivity contribution in [3.63, 3.8) is 0 Å². The van der Waals surface area contributed by atoms with Gasteiger partial charge in [0, 0.05) is 13.1 Å². The Morgan fingerprint density at radius 1 is 1.47 bits per heavy atom. The molecular weight excluding hydrogens is 253 g/mol. The van der Waals surface area contributed by atoms with Gasteiger partial charge in [-0.05, 0) is 17.7 Å². The van der Waals surface area contributed by atoms with Crippen molar-refractivity contribution in [1.82, 2.24) is 4.90 Å². The monoisotopic (exact) mass is 267 g/mol. The molecule has 1 saturated heterocycles. The summed E-state index contributed by atoms with van der Waals surface area (Å²) in [5.74, 6) is -1.94. The molecule has 0 spiro atoms. The quantitative estimate of drug-likeness (QED) is 0.881. The molecule has 0 aromatic heterocycles. The van der Waals surface area contributed by atoms with E-state index in [1.165, 1.54) is 24.1 Å². The van der Waals surface area contributed by atoms with Gasteiger partial charge in [0.15, 0.2) is 11.6 Å². The first kappa shape index (κ1) is 13.3. The molecule has 0 aliphatic carbocycles. The number of hydrogen-bond acceptors (Lipinski definition) is 3. The summed E-state index contributed by atoms with van der Waals surface area (Å²) in [4.78, 5) is 23.9. The van der Waals surface area contributed by atoms with Crippen LogP contribution in [-0.4, -0.2) is 42.1 Å². The van der Waals surface area contributed by atoms with E-state index in [-0.39, 0.29) is 31.2 Å². The van der Waals surface area contributed by atoms with E-state index in [2.05, 4.69) is 0 Å². The second-order valence-electron chi connectivity index (χ2n) is 4.48. The Morgan fingerprint density at radius 3 is 2.68 bits per heavy atom. The van der Waals surface area contributed by atoms with Crippen LogP contribution in [0, 0.1) is 11.7 Å². The van der Waals surface area contributed by atoms with Crippen LogP contribution in [0.2, 0.25) is 0 Å². The first-order valence-corrected chi connectivity index (χ1v) is 5.84. The molecule has 0 radical (unpaired) electrons. The summed E-state index contributed by atoms with van der Waals surface area (Å²) in [7, 11) is 1.37. The molecule has 1 fully saturated rings. The fraction of sp³-hybridized carbons (Fsp3) is 0.385. The van der Waals surface area contributed by atoms with Gasteiger partial charge in [0.1, 0.15) is 0 Å². The van der Waals surface area contributed by atoms with E-state index in [1.807, 2.05) is 0 Å². The van der Waals surface area contributed by atoms with Crippen molar-refractivity contribution in [2.75, 3.05) is 20.2 Å². The molecule has 1 heterocycles. The largest absolute Gasteiger partial charge is 0.494 e. The third kappa shape index (κ3) is 2.83. The molecule has 2 rings (SSSR count). The van der Waals surface area contributed by atoms with E-state index in [9.17, 15) is 14.0 Å². The highest BCUT2D eigenvalue weighted by molar-refractivity contribution is 5.82. The number of carbonyl (C=O) groups is 2. The molecule has 1 amide bonds. The van der Waals surface area contributed by atoms with Gasteiger partial charge in [-0.3, -0.25) is 9.59 Å². The van der Waals surface area contributed by atoms with Gasteiger partial charge >= 0.3 is 5.97 Å². The van der Waals surface area contributed by atoms with Crippen LogP contribution in [0.25, 0.3) is 0 Å². The number of methoxy groups -OCH3 is 1. The van der Waals surface area contributed by atoms with Crippen molar-refractivity contribution in [3.8, 4) is 5.75 Å². The van der Waals surface area contributed by atoms with Crippen LogP contribution in [0.4, 0.5) is 4.39 Å². The van der Waals surface area contributed by atoms with Gasteiger partial charge in [-0.15, -0.1) is 0 Å². The number of likely N-dealkylation sites (tertiary alicyclic amines) is 1. The SMILES string of the molecule is COc1ccc(CC(=O)N2CC(C(=O)O)C2)cc1F. The summed E-state index contributed by atoms with van der Waals surface area (Å²) in [6.45, 7) is 0.458. The van der Waals surface area contributed by atoms with Crippen LogP contribution in [0.1, 0.15) is 5.56 Å². The summed E-state index contributed by atoms with van der Waals surface area (Å²) >= 11 is 0. The van der Waals surface area contributed by atoms with Gasteiger partial charge in [0.2, 0.25) is 5.91 Å². The minimum atomic E-state index is -0.889. The number of benzene rings is 1. The Hall–Kier alpha value is -2.11. The van der Waals surface area contributed by atoms with E-state index in [0.717, 1.165) is 0 Å². The molecular formula is C13H14FNO4. The van der Waals surface area contributed by atoms with Gasteiger partial charge < -0.3 is 14.7 Å². The van der Waals surface area contributed by atoms with E-state index < -0.39 is 17.7 Å². The molecule has 0 unspecified atom stereocenters. The lowest BCUT2D eigenvalue weighted by molar-refractivity contribution is -0.152. The van der Waals surface area contributed by atoms with Gasteiger partial charge in [-0.25, -0.2) is 4.39 Å². The van der Waals surface area contributed by atoms with Gasteiger partial charge in [0.05, 0.1) is 19.4 Å². The van der Waals surface area contributed by atoms with E-state index in [1.54, 1.807) is 6.07 Å². The smallest absolute Gasteiger partial charge is 0.310 e. The van der Waals surface area contributed by atoms with Crippen molar-refractivity contribution in [3.05, 3.63) is 29.6 Å². The number of nitrogens with zero attached hydrogens (tertiary/aromatic N) is 1. The molecule has 1 aromatic rings. The van der Waals surface area contributed by atoms with Crippen molar-refractivity contribution >= 4 is 11.9 Å². The highest BCUT2D eigenvalue weighted by Crippen LogP contribution is 2.20. The second-order valence-corrected chi connectivity index (χ2v) is 4.48. The maximum Gasteiger partial charge on any atom is 0.310 e. The van der Waals surface area contributed by atoms with Crippen molar-refractivity contribution in [1.29, 1.82) is 0 Å². The Kier molecular flexibility index (Phi) is 3.69. The van der Waals surface area contributed by atoms with Crippen molar-refractivity contribution in [2.45, 2.75) is 6.42 Å². The maximum atomic E-state index is 13.4. The molecule has 1 aliphatic rings. The van der Waals surface area contributed by atoms with Gasteiger partial charge in [0.25, 0.3) is 0 Å². The van der Waals surface area contributed by atoms with Crippen LogP contribution in [0.15, 0.2) is 18.2 Å². The second kappa shape index (κ2) is 5.26. The fourth-order valence-electron chi connectivity index (χ4n) is 1.94. The minimum absolute atomic E-state index is 0.0628. The molecule has 1 N–H and O–H groups in total. The summed E-state index contributed by atoms with van der Waals surface area (Å²) in [6, 6.07) is 4.34. The number of carboxylic acids is 1. The Labute approximate surface area is 109 Å². The number of carbonyl (C=O) groups excluding carboxylic acids is 1. The lowest BCUT2D eigenvalue weighted by Crippen LogP contribution is -2.53.